The van der Waals surface area contributed by atoms with E-state index in [1.807, 2.05) is 30.3 Å². The highest BCUT2D eigenvalue weighted by Gasteiger charge is 2.30. The van der Waals surface area contributed by atoms with Crippen LogP contribution >= 0.6 is 23.7 Å². The van der Waals surface area contributed by atoms with E-state index in [-0.39, 0.29) is 35.3 Å². The number of carbonyl (C=O) groups excluding carboxylic acids is 1. The molecule has 0 radical (unpaired) electrons. The minimum atomic E-state index is -3.81. The van der Waals surface area contributed by atoms with Gasteiger partial charge in [-0.3, -0.25) is 0 Å². The van der Waals surface area contributed by atoms with Crippen molar-refractivity contribution in [2.75, 3.05) is 26.7 Å². The first-order valence-electron chi connectivity index (χ1n) is 7.40. The first-order chi connectivity index (χ1) is 11.5. The van der Waals surface area contributed by atoms with Crippen molar-refractivity contribution in [3.63, 3.8) is 0 Å². The molecule has 2 aromatic rings. The Labute approximate surface area is 158 Å². The SMILES string of the molecule is COC(=O)c1sccc1S(=O)(=O)N(CCN)CCc1ccccc1.Cl. The van der Waals surface area contributed by atoms with Crippen molar-refractivity contribution in [2.45, 2.75) is 11.3 Å². The van der Waals surface area contributed by atoms with Crippen LogP contribution in [0.3, 0.4) is 0 Å². The molecule has 9 heteroatoms. The van der Waals surface area contributed by atoms with Crippen LogP contribution in [0.1, 0.15) is 15.2 Å². The second kappa shape index (κ2) is 9.88. The lowest BCUT2D eigenvalue weighted by Gasteiger charge is -2.21. The number of benzene rings is 1. The molecule has 2 rings (SSSR count). The molecule has 0 spiro atoms. The summed E-state index contributed by atoms with van der Waals surface area (Å²) in [6, 6.07) is 11.0. The lowest BCUT2D eigenvalue weighted by Crippen LogP contribution is -2.37. The molecule has 0 saturated carbocycles. The van der Waals surface area contributed by atoms with Gasteiger partial charge < -0.3 is 10.5 Å². The number of rotatable bonds is 8. The lowest BCUT2D eigenvalue weighted by molar-refractivity contribution is 0.0602. The minimum absolute atomic E-state index is 0. The van der Waals surface area contributed by atoms with Gasteiger partial charge in [0.25, 0.3) is 0 Å². The number of hydrogen-bond acceptors (Lipinski definition) is 6. The van der Waals surface area contributed by atoms with E-state index in [9.17, 15) is 13.2 Å². The van der Waals surface area contributed by atoms with Crippen molar-refractivity contribution < 1.29 is 17.9 Å². The topological polar surface area (TPSA) is 89.7 Å². The Morgan fingerprint density at radius 3 is 2.48 bits per heavy atom. The number of ether oxygens (including phenoxy) is 1. The van der Waals surface area contributed by atoms with Crippen LogP contribution in [-0.4, -0.2) is 45.4 Å². The summed E-state index contributed by atoms with van der Waals surface area (Å²) in [5.41, 5.74) is 6.61. The normalized spacial score (nSPS) is 11.2. The van der Waals surface area contributed by atoms with Crippen LogP contribution in [0.15, 0.2) is 46.7 Å². The van der Waals surface area contributed by atoms with Gasteiger partial charge in [-0.25, -0.2) is 13.2 Å². The van der Waals surface area contributed by atoms with Gasteiger partial charge in [-0.15, -0.1) is 23.7 Å². The molecule has 6 nitrogen and oxygen atoms in total. The second-order valence-electron chi connectivity index (χ2n) is 5.03. The predicted octanol–water partition coefficient (Wildman–Crippen LogP) is 2.15. The van der Waals surface area contributed by atoms with Gasteiger partial charge in [0.2, 0.25) is 10.0 Å². The summed E-state index contributed by atoms with van der Waals surface area (Å²) in [5, 5.41) is 1.57. The molecular formula is C16H21ClN2O4S2. The summed E-state index contributed by atoms with van der Waals surface area (Å²) < 4.78 is 31.8. The van der Waals surface area contributed by atoms with Crippen LogP contribution in [0.2, 0.25) is 0 Å². The average Bonchev–Trinajstić information content (AvgIpc) is 3.09. The summed E-state index contributed by atoms with van der Waals surface area (Å²) >= 11 is 1.05. The van der Waals surface area contributed by atoms with Gasteiger partial charge in [0, 0.05) is 19.6 Å². The fourth-order valence-corrected chi connectivity index (χ4v) is 5.04. The van der Waals surface area contributed by atoms with Gasteiger partial charge in [-0.2, -0.15) is 4.31 Å². The Kier molecular flexibility index (Phi) is 8.54. The quantitative estimate of drug-likeness (QED) is 0.681. The molecule has 25 heavy (non-hydrogen) atoms. The molecule has 0 amide bonds. The molecule has 0 saturated heterocycles. The van der Waals surface area contributed by atoms with Crippen LogP contribution in [-0.2, 0) is 21.2 Å². The summed E-state index contributed by atoms with van der Waals surface area (Å²) in [5.74, 6) is -0.653. The van der Waals surface area contributed by atoms with Gasteiger partial charge in [0.05, 0.1) is 7.11 Å². The molecule has 0 aliphatic rings. The number of nitrogens with two attached hydrogens (primary N) is 1. The standard InChI is InChI=1S/C16H20N2O4S2.ClH/c1-22-16(19)15-14(8-12-23-15)24(20,21)18(11-9-17)10-7-13-5-3-2-4-6-13;/h2-6,8,12H,7,9-11,17H2,1H3;1H. The molecular weight excluding hydrogens is 384 g/mol. The Balaban J connectivity index is 0.00000312. The zero-order valence-electron chi connectivity index (χ0n) is 13.8. The van der Waals surface area contributed by atoms with Gasteiger partial charge >= 0.3 is 5.97 Å². The number of carbonyl (C=O) groups is 1. The van der Waals surface area contributed by atoms with Crippen LogP contribution in [0, 0.1) is 0 Å². The van der Waals surface area contributed by atoms with Crippen molar-refractivity contribution >= 4 is 39.7 Å². The second-order valence-corrected chi connectivity index (χ2v) is 7.86. The monoisotopic (exact) mass is 404 g/mol. The highest BCUT2D eigenvalue weighted by atomic mass is 35.5. The average molecular weight is 405 g/mol. The van der Waals surface area contributed by atoms with Gasteiger partial charge in [0.1, 0.15) is 9.77 Å². The molecule has 0 fully saturated rings. The molecule has 1 aromatic carbocycles. The zero-order chi connectivity index (χ0) is 17.6. The number of methoxy groups -OCH3 is 1. The molecule has 1 heterocycles. The summed E-state index contributed by atoms with van der Waals surface area (Å²) in [6.45, 7) is 0.678. The van der Waals surface area contributed by atoms with E-state index in [0.29, 0.717) is 13.0 Å². The van der Waals surface area contributed by atoms with E-state index in [0.717, 1.165) is 16.9 Å². The van der Waals surface area contributed by atoms with Crippen molar-refractivity contribution in [1.82, 2.24) is 4.31 Å². The van der Waals surface area contributed by atoms with Crippen molar-refractivity contribution in [3.8, 4) is 0 Å². The maximum Gasteiger partial charge on any atom is 0.349 e. The molecule has 0 aliphatic heterocycles. The van der Waals surface area contributed by atoms with E-state index in [1.165, 1.54) is 17.5 Å². The number of halogens is 1. The van der Waals surface area contributed by atoms with Crippen molar-refractivity contribution in [2.24, 2.45) is 5.73 Å². The fourth-order valence-electron chi connectivity index (χ4n) is 2.28. The number of esters is 1. The maximum absolute atomic E-state index is 12.9. The Morgan fingerprint density at radius 2 is 1.88 bits per heavy atom. The van der Waals surface area contributed by atoms with Crippen LogP contribution in [0.25, 0.3) is 0 Å². The highest BCUT2D eigenvalue weighted by molar-refractivity contribution is 7.89. The molecule has 2 N–H and O–H groups in total. The molecule has 0 bridgehead atoms. The van der Waals surface area contributed by atoms with Crippen LogP contribution in [0.5, 0.6) is 0 Å². The first-order valence-corrected chi connectivity index (χ1v) is 9.72. The Morgan fingerprint density at radius 1 is 1.20 bits per heavy atom. The largest absolute Gasteiger partial charge is 0.465 e. The van der Waals surface area contributed by atoms with Crippen molar-refractivity contribution in [3.05, 3.63) is 52.2 Å². The highest BCUT2D eigenvalue weighted by Crippen LogP contribution is 2.26. The van der Waals surface area contributed by atoms with Crippen molar-refractivity contribution in [1.29, 1.82) is 0 Å². The van der Waals surface area contributed by atoms with Crippen LogP contribution in [0.4, 0.5) is 0 Å². The summed E-state index contributed by atoms with van der Waals surface area (Å²) in [4.78, 5) is 11.8. The number of sulfonamides is 1. The lowest BCUT2D eigenvalue weighted by atomic mass is 10.1. The van der Waals surface area contributed by atoms with E-state index < -0.39 is 16.0 Å². The third-order valence-electron chi connectivity index (χ3n) is 3.49. The molecule has 0 aliphatic carbocycles. The van der Waals surface area contributed by atoms with Crippen LogP contribution < -0.4 is 5.73 Å². The van der Waals surface area contributed by atoms with Gasteiger partial charge in [-0.05, 0) is 23.4 Å². The fraction of sp³-hybridized carbons (Fsp3) is 0.312. The van der Waals surface area contributed by atoms with E-state index >= 15 is 0 Å². The van der Waals surface area contributed by atoms with Gasteiger partial charge in [0.15, 0.2) is 0 Å². The van der Waals surface area contributed by atoms with E-state index in [4.69, 9.17) is 5.73 Å². The number of thiophene rings is 1. The summed E-state index contributed by atoms with van der Waals surface area (Å²) in [6.07, 6.45) is 0.567. The van der Waals surface area contributed by atoms with E-state index in [1.54, 1.807) is 5.38 Å². The Hall–Kier alpha value is -1.45. The van der Waals surface area contributed by atoms with E-state index in [2.05, 4.69) is 4.74 Å². The third kappa shape index (κ3) is 5.26. The Bertz CT molecular complexity index is 778. The number of hydrogen-bond donors (Lipinski definition) is 1. The molecule has 0 atom stereocenters. The third-order valence-corrected chi connectivity index (χ3v) is 6.45. The molecule has 138 valence electrons. The maximum atomic E-state index is 12.9. The zero-order valence-corrected chi connectivity index (χ0v) is 16.2. The number of nitrogens with zero attached hydrogens (tertiary/aromatic N) is 1. The first kappa shape index (κ1) is 21.6. The smallest absolute Gasteiger partial charge is 0.349 e. The predicted molar refractivity (Wildman–Crippen MR) is 101 cm³/mol. The van der Waals surface area contributed by atoms with Gasteiger partial charge in [-0.1, -0.05) is 30.3 Å². The molecule has 1 aromatic heterocycles. The molecule has 0 unspecified atom stereocenters. The minimum Gasteiger partial charge on any atom is -0.465 e. The summed E-state index contributed by atoms with van der Waals surface area (Å²) in [7, 11) is -2.59.